The molecule has 96 valence electrons. The lowest BCUT2D eigenvalue weighted by molar-refractivity contribution is 1.06. The van der Waals surface area contributed by atoms with Crippen LogP contribution in [0.15, 0.2) is 48.7 Å². The Balaban J connectivity index is 1.78. The summed E-state index contributed by atoms with van der Waals surface area (Å²) in [6, 6.07) is 14.5. The lowest BCUT2D eigenvalue weighted by Gasteiger charge is -2.03. The maximum absolute atomic E-state index is 4.61. The van der Waals surface area contributed by atoms with Crippen molar-refractivity contribution in [2.45, 2.75) is 13.5 Å². The first-order chi connectivity index (χ1) is 9.22. The highest BCUT2D eigenvalue weighted by Crippen LogP contribution is 2.13. The van der Waals surface area contributed by atoms with Gasteiger partial charge in [-0.05, 0) is 65.9 Å². The van der Waals surface area contributed by atoms with Gasteiger partial charge in [0.1, 0.15) is 5.65 Å². The lowest BCUT2D eigenvalue weighted by Crippen LogP contribution is -1.99. The van der Waals surface area contributed by atoms with E-state index in [-0.39, 0.29) is 0 Å². The third kappa shape index (κ3) is 2.73. The number of imidazole rings is 1. The summed E-state index contributed by atoms with van der Waals surface area (Å²) < 4.78 is 3.36. The number of rotatable bonds is 3. The van der Waals surface area contributed by atoms with Crippen LogP contribution in [0.2, 0.25) is 0 Å². The summed E-state index contributed by atoms with van der Waals surface area (Å²) in [5.41, 5.74) is 4.37. The Labute approximate surface area is 125 Å². The summed E-state index contributed by atoms with van der Waals surface area (Å²) in [7, 11) is 0. The van der Waals surface area contributed by atoms with E-state index in [1.807, 2.05) is 12.1 Å². The Morgan fingerprint density at radius 2 is 1.95 bits per heavy atom. The van der Waals surface area contributed by atoms with Gasteiger partial charge in [0.25, 0.3) is 0 Å². The maximum atomic E-state index is 4.61. The summed E-state index contributed by atoms with van der Waals surface area (Å²) in [5.74, 6) is 0. The number of nitrogens with one attached hydrogen (secondary N) is 1. The van der Waals surface area contributed by atoms with Crippen molar-refractivity contribution in [3.63, 3.8) is 0 Å². The van der Waals surface area contributed by atoms with Crippen molar-refractivity contribution in [3.05, 3.63) is 63.6 Å². The number of pyridine rings is 1. The molecule has 0 amide bonds. The summed E-state index contributed by atoms with van der Waals surface area (Å²) in [5, 5.41) is 3.39. The molecular formula is C15H14IN3. The van der Waals surface area contributed by atoms with Gasteiger partial charge in [-0.15, -0.1) is 0 Å². The highest BCUT2D eigenvalue weighted by Gasteiger charge is 2.02. The smallest absolute Gasteiger partial charge is 0.137 e. The third-order valence-corrected chi connectivity index (χ3v) is 3.78. The van der Waals surface area contributed by atoms with E-state index in [0.29, 0.717) is 0 Å². The molecule has 0 spiro atoms. The van der Waals surface area contributed by atoms with Crippen LogP contribution in [0.5, 0.6) is 0 Å². The fourth-order valence-corrected chi connectivity index (χ4v) is 2.40. The normalized spacial score (nSPS) is 10.8. The van der Waals surface area contributed by atoms with Gasteiger partial charge in [0.05, 0.1) is 12.2 Å². The van der Waals surface area contributed by atoms with E-state index in [0.717, 1.165) is 23.6 Å². The topological polar surface area (TPSA) is 29.3 Å². The number of nitrogens with zero attached hydrogens (tertiary/aromatic N) is 2. The minimum atomic E-state index is 0.738. The van der Waals surface area contributed by atoms with Crippen molar-refractivity contribution in [2.24, 2.45) is 0 Å². The van der Waals surface area contributed by atoms with E-state index in [2.05, 4.69) is 80.7 Å². The zero-order valence-corrected chi connectivity index (χ0v) is 12.8. The molecule has 2 heterocycles. The quantitative estimate of drug-likeness (QED) is 0.716. The summed E-state index contributed by atoms with van der Waals surface area (Å²) in [6.45, 7) is 2.83. The van der Waals surface area contributed by atoms with E-state index in [1.54, 1.807) is 0 Å². The van der Waals surface area contributed by atoms with Crippen molar-refractivity contribution in [3.8, 4) is 0 Å². The molecule has 0 saturated carbocycles. The number of anilines is 1. The average Bonchev–Trinajstić information content (AvgIpc) is 2.83. The van der Waals surface area contributed by atoms with E-state index in [9.17, 15) is 0 Å². The molecule has 0 aliphatic heterocycles. The Hall–Kier alpha value is -1.56. The average molecular weight is 363 g/mol. The van der Waals surface area contributed by atoms with Gasteiger partial charge < -0.3 is 9.72 Å². The molecular weight excluding hydrogens is 349 g/mol. The second kappa shape index (κ2) is 5.21. The third-order valence-electron chi connectivity index (χ3n) is 3.06. The second-order valence-electron chi connectivity index (χ2n) is 4.49. The van der Waals surface area contributed by atoms with Crippen LogP contribution in [0.3, 0.4) is 0 Å². The zero-order valence-electron chi connectivity index (χ0n) is 10.6. The molecule has 1 N–H and O–H groups in total. The van der Waals surface area contributed by atoms with E-state index in [1.165, 1.54) is 9.26 Å². The van der Waals surface area contributed by atoms with Crippen molar-refractivity contribution >= 4 is 33.9 Å². The van der Waals surface area contributed by atoms with Gasteiger partial charge in [0, 0.05) is 21.1 Å². The first-order valence-electron chi connectivity index (χ1n) is 6.15. The van der Waals surface area contributed by atoms with E-state index < -0.39 is 0 Å². The first kappa shape index (κ1) is 12.5. The van der Waals surface area contributed by atoms with Crippen LogP contribution in [-0.4, -0.2) is 9.38 Å². The number of fused-ring (bicyclic) bond motifs is 1. The predicted molar refractivity (Wildman–Crippen MR) is 86.4 cm³/mol. The monoisotopic (exact) mass is 363 g/mol. The highest BCUT2D eigenvalue weighted by molar-refractivity contribution is 14.1. The van der Waals surface area contributed by atoms with Crippen molar-refractivity contribution in [1.29, 1.82) is 0 Å². The predicted octanol–water partition coefficient (Wildman–Crippen LogP) is 3.86. The Kier molecular flexibility index (Phi) is 3.42. The largest absolute Gasteiger partial charge is 0.379 e. The van der Waals surface area contributed by atoms with Gasteiger partial charge in [-0.25, -0.2) is 4.98 Å². The molecule has 0 unspecified atom stereocenters. The number of aromatic nitrogens is 2. The molecule has 0 atom stereocenters. The molecule has 0 saturated heterocycles. The second-order valence-corrected chi connectivity index (χ2v) is 5.73. The minimum Gasteiger partial charge on any atom is -0.379 e. The van der Waals surface area contributed by atoms with Crippen molar-refractivity contribution in [1.82, 2.24) is 9.38 Å². The Bertz CT molecular complexity index is 701. The van der Waals surface area contributed by atoms with E-state index in [4.69, 9.17) is 0 Å². The van der Waals surface area contributed by atoms with E-state index >= 15 is 0 Å². The number of halogens is 1. The molecule has 0 radical (unpaired) electrons. The molecule has 3 rings (SSSR count). The van der Waals surface area contributed by atoms with Crippen LogP contribution in [0, 0.1) is 10.5 Å². The van der Waals surface area contributed by atoms with Gasteiger partial charge in [0.15, 0.2) is 0 Å². The summed E-state index contributed by atoms with van der Waals surface area (Å²) >= 11 is 2.31. The zero-order chi connectivity index (χ0) is 13.2. The van der Waals surface area contributed by atoms with Gasteiger partial charge in [-0.1, -0.05) is 6.07 Å². The molecule has 3 nitrogen and oxygen atoms in total. The number of hydrogen-bond donors (Lipinski definition) is 1. The molecule has 3 aromatic rings. The maximum Gasteiger partial charge on any atom is 0.137 e. The highest BCUT2D eigenvalue weighted by atomic mass is 127. The van der Waals surface area contributed by atoms with Crippen LogP contribution in [0.1, 0.15) is 11.4 Å². The fraction of sp³-hybridized carbons (Fsp3) is 0.133. The van der Waals surface area contributed by atoms with Crippen molar-refractivity contribution < 1.29 is 0 Å². The number of benzene rings is 1. The molecule has 2 aromatic heterocycles. The van der Waals surface area contributed by atoms with Gasteiger partial charge in [-0.3, -0.25) is 0 Å². The van der Waals surface area contributed by atoms with Crippen molar-refractivity contribution in [2.75, 3.05) is 5.32 Å². The molecule has 0 aliphatic rings. The molecule has 1 aromatic carbocycles. The SMILES string of the molecule is Cc1cccc2nc(CNc3ccc(I)cc3)cn12. The molecule has 4 heteroatoms. The van der Waals surface area contributed by atoms with Crippen LogP contribution in [0.4, 0.5) is 5.69 Å². The standard InChI is InChI=1S/C15H14IN3/c1-11-3-2-4-15-18-14(10-19(11)15)9-17-13-7-5-12(16)6-8-13/h2-8,10,17H,9H2,1H3. The number of aryl methyl sites for hydroxylation is 1. The van der Waals surface area contributed by atoms with Crippen LogP contribution in [-0.2, 0) is 6.54 Å². The Morgan fingerprint density at radius 1 is 1.16 bits per heavy atom. The first-order valence-corrected chi connectivity index (χ1v) is 7.23. The van der Waals surface area contributed by atoms with Gasteiger partial charge in [-0.2, -0.15) is 0 Å². The summed E-state index contributed by atoms with van der Waals surface area (Å²) in [4.78, 5) is 4.61. The molecule has 0 bridgehead atoms. The fourth-order valence-electron chi connectivity index (χ4n) is 2.04. The Morgan fingerprint density at radius 3 is 2.68 bits per heavy atom. The van der Waals surface area contributed by atoms with Crippen LogP contribution >= 0.6 is 22.6 Å². The summed E-state index contributed by atoms with van der Waals surface area (Å²) in [6.07, 6.45) is 2.09. The molecule has 0 fully saturated rings. The van der Waals surface area contributed by atoms with Crippen LogP contribution < -0.4 is 5.32 Å². The molecule has 0 aliphatic carbocycles. The minimum absolute atomic E-state index is 0.738. The van der Waals surface area contributed by atoms with Gasteiger partial charge in [0.2, 0.25) is 0 Å². The van der Waals surface area contributed by atoms with Gasteiger partial charge >= 0.3 is 0 Å². The lowest BCUT2D eigenvalue weighted by atomic mass is 10.3. The molecule has 19 heavy (non-hydrogen) atoms. The van der Waals surface area contributed by atoms with Crippen LogP contribution in [0.25, 0.3) is 5.65 Å². The number of hydrogen-bond acceptors (Lipinski definition) is 2.